The molecule has 0 radical (unpaired) electrons. The molecule has 0 saturated carbocycles. The molecule has 0 aliphatic rings. The van der Waals surface area contributed by atoms with Crippen LogP contribution in [0.25, 0.3) is 0 Å². The number of nitrogens with two attached hydrogens (primary N) is 1. The van der Waals surface area contributed by atoms with Crippen molar-refractivity contribution >= 4 is 17.2 Å². The SMILES string of the molecule is Cc1cscc1CNCCC(N)=NO. The first-order valence-electron chi connectivity index (χ1n) is 4.43. The molecule has 0 amide bonds. The second-order valence-corrected chi connectivity index (χ2v) is 3.84. The van der Waals surface area contributed by atoms with Crippen LogP contribution in [0, 0.1) is 6.92 Å². The number of amidine groups is 1. The minimum Gasteiger partial charge on any atom is -0.409 e. The van der Waals surface area contributed by atoms with E-state index in [4.69, 9.17) is 10.9 Å². The average molecular weight is 213 g/mol. The van der Waals surface area contributed by atoms with E-state index in [9.17, 15) is 0 Å². The summed E-state index contributed by atoms with van der Waals surface area (Å²) in [5.41, 5.74) is 7.95. The number of rotatable bonds is 5. The average Bonchev–Trinajstić information content (AvgIpc) is 2.58. The molecule has 0 bridgehead atoms. The number of thiophene rings is 1. The van der Waals surface area contributed by atoms with E-state index < -0.39 is 0 Å². The molecule has 0 atom stereocenters. The van der Waals surface area contributed by atoms with Gasteiger partial charge in [0.2, 0.25) is 0 Å². The fourth-order valence-corrected chi connectivity index (χ4v) is 1.91. The first kappa shape index (κ1) is 11.0. The number of nitrogens with one attached hydrogen (secondary N) is 1. The Bertz CT molecular complexity index is 309. The Labute approximate surface area is 87.4 Å². The van der Waals surface area contributed by atoms with Crippen molar-refractivity contribution < 1.29 is 5.21 Å². The lowest BCUT2D eigenvalue weighted by molar-refractivity contribution is 0.316. The highest BCUT2D eigenvalue weighted by Gasteiger charge is 1.98. The Morgan fingerprint density at radius 3 is 3.00 bits per heavy atom. The monoisotopic (exact) mass is 213 g/mol. The highest BCUT2D eigenvalue weighted by atomic mass is 32.1. The Hall–Kier alpha value is -1.07. The van der Waals surface area contributed by atoms with E-state index in [1.165, 1.54) is 11.1 Å². The topological polar surface area (TPSA) is 70.6 Å². The molecule has 0 aliphatic heterocycles. The van der Waals surface area contributed by atoms with E-state index in [0.717, 1.165) is 13.1 Å². The molecule has 4 N–H and O–H groups in total. The molecule has 0 aromatic carbocycles. The Kier molecular flexibility index (Phi) is 4.42. The van der Waals surface area contributed by atoms with E-state index >= 15 is 0 Å². The number of hydrogen-bond donors (Lipinski definition) is 3. The second kappa shape index (κ2) is 5.62. The van der Waals surface area contributed by atoms with Crippen LogP contribution in [0.4, 0.5) is 0 Å². The summed E-state index contributed by atoms with van der Waals surface area (Å²) < 4.78 is 0. The van der Waals surface area contributed by atoms with Crippen LogP contribution in [0.15, 0.2) is 15.9 Å². The van der Waals surface area contributed by atoms with Gasteiger partial charge in [-0.2, -0.15) is 11.3 Å². The minimum atomic E-state index is 0.263. The molecule has 1 aromatic rings. The zero-order chi connectivity index (χ0) is 10.4. The van der Waals surface area contributed by atoms with Gasteiger partial charge in [0.05, 0.1) is 0 Å². The van der Waals surface area contributed by atoms with Gasteiger partial charge in [0.15, 0.2) is 0 Å². The molecule has 78 valence electrons. The highest BCUT2D eigenvalue weighted by molar-refractivity contribution is 7.08. The number of nitrogens with zero attached hydrogens (tertiary/aromatic N) is 1. The lowest BCUT2D eigenvalue weighted by Gasteiger charge is -2.03. The summed E-state index contributed by atoms with van der Waals surface area (Å²) in [6.45, 7) is 3.66. The predicted octanol–water partition coefficient (Wildman–Crippen LogP) is 1.28. The van der Waals surface area contributed by atoms with Crippen LogP contribution in [0.2, 0.25) is 0 Å². The van der Waals surface area contributed by atoms with Crippen molar-refractivity contribution in [3.05, 3.63) is 21.9 Å². The minimum absolute atomic E-state index is 0.263. The van der Waals surface area contributed by atoms with E-state index in [0.29, 0.717) is 6.42 Å². The van der Waals surface area contributed by atoms with Crippen LogP contribution in [0.5, 0.6) is 0 Å². The number of hydrogen-bond acceptors (Lipinski definition) is 4. The maximum atomic E-state index is 8.30. The van der Waals surface area contributed by atoms with Crippen molar-refractivity contribution in [2.45, 2.75) is 19.9 Å². The molecule has 1 heterocycles. The first-order chi connectivity index (χ1) is 6.74. The van der Waals surface area contributed by atoms with Crippen molar-refractivity contribution in [2.24, 2.45) is 10.9 Å². The van der Waals surface area contributed by atoms with Crippen LogP contribution in [-0.4, -0.2) is 17.6 Å². The predicted molar refractivity (Wildman–Crippen MR) is 58.8 cm³/mol. The number of oxime groups is 1. The maximum Gasteiger partial charge on any atom is 0.140 e. The molecule has 0 fully saturated rings. The Balaban J connectivity index is 2.20. The van der Waals surface area contributed by atoms with Gasteiger partial charge in [-0.15, -0.1) is 0 Å². The van der Waals surface area contributed by atoms with Gasteiger partial charge >= 0.3 is 0 Å². The van der Waals surface area contributed by atoms with Crippen molar-refractivity contribution in [1.29, 1.82) is 0 Å². The highest BCUT2D eigenvalue weighted by Crippen LogP contribution is 2.12. The Morgan fingerprint density at radius 2 is 2.43 bits per heavy atom. The summed E-state index contributed by atoms with van der Waals surface area (Å²) >= 11 is 1.71. The first-order valence-corrected chi connectivity index (χ1v) is 5.37. The largest absolute Gasteiger partial charge is 0.409 e. The summed E-state index contributed by atoms with van der Waals surface area (Å²) in [6, 6.07) is 0. The molecule has 0 saturated heterocycles. The van der Waals surface area contributed by atoms with Gasteiger partial charge in [-0.05, 0) is 28.8 Å². The molecule has 0 unspecified atom stereocenters. The summed E-state index contributed by atoms with van der Waals surface area (Å²) in [4.78, 5) is 0. The third-order valence-corrected chi connectivity index (χ3v) is 2.87. The fraction of sp³-hybridized carbons (Fsp3) is 0.444. The molecule has 0 spiro atoms. The van der Waals surface area contributed by atoms with Crippen LogP contribution in [0.1, 0.15) is 17.5 Å². The summed E-state index contributed by atoms with van der Waals surface area (Å²) in [7, 11) is 0. The lowest BCUT2D eigenvalue weighted by atomic mass is 10.2. The standard InChI is InChI=1S/C9H15N3OS/c1-7-5-14-6-8(7)4-11-3-2-9(10)12-13/h5-6,11,13H,2-4H2,1H3,(H2,10,12). The molecule has 4 nitrogen and oxygen atoms in total. The summed E-state index contributed by atoms with van der Waals surface area (Å²) in [5, 5.41) is 18.7. The zero-order valence-corrected chi connectivity index (χ0v) is 8.97. The molecule has 14 heavy (non-hydrogen) atoms. The Morgan fingerprint density at radius 1 is 1.64 bits per heavy atom. The van der Waals surface area contributed by atoms with E-state index in [2.05, 4.69) is 28.2 Å². The van der Waals surface area contributed by atoms with Gasteiger partial charge in [0.1, 0.15) is 5.84 Å². The zero-order valence-electron chi connectivity index (χ0n) is 8.16. The molecular formula is C9H15N3OS. The van der Waals surface area contributed by atoms with E-state index in [-0.39, 0.29) is 5.84 Å². The van der Waals surface area contributed by atoms with Crippen molar-refractivity contribution in [1.82, 2.24) is 5.32 Å². The normalized spacial score (nSPS) is 11.9. The van der Waals surface area contributed by atoms with Gasteiger partial charge in [-0.3, -0.25) is 0 Å². The molecule has 0 aliphatic carbocycles. The van der Waals surface area contributed by atoms with E-state index in [1.807, 2.05) is 0 Å². The summed E-state index contributed by atoms with van der Waals surface area (Å²) in [6.07, 6.45) is 0.569. The lowest BCUT2D eigenvalue weighted by Crippen LogP contribution is -2.22. The van der Waals surface area contributed by atoms with Crippen molar-refractivity contribution in [3.8, 4) is 0 Å². The van der Waals surface area contributed by atoms with Crippen LogP contribution >= 0.6 is 11.3 Å². The quantitative estimate of drug-likeness (QED) is 0.227. The fourth-order valence-electron chi connectivity index (χ4n) is 1.06. The molecule has 1 aromatic heterocycles. The van der Waals surface area contributed by atoms with Gasteiger partial charge in [0.25, 0.3) is 0 Å². The van der Waals surface area contributed by atoms with Gasteiger partial charge < -0.3 is 16.3 Å². The maximum absolute atomic E-state index is 8.30. The van der Waals surface area contributed by atoms with Gasteiger partial charge in [0, 0.05) is 19.5 Å². The van der Waals surface area contributed by atoms with Gasteiger partial charge in [-0.1, -0.05) is 5.16 Å². The van der Waals surface area contributed by atoms with Crippen LogP contribution in [-0.2, 0) is 6.54 Å². The smallest absolute Gasteiger partial charge is 0.140 e. The molecule has 1 rings (SSSR count). The van der Waals surface area contributed by atoms with Crippen molar-refractivity contribution in [2.75, 3.05) is 6.54 Å². The van der Waals surface area contributed by atoms with Gasteiger partial charge in [-0.25, -0.2) is 0 Å². The second-order valence-electron chi connectivity index (χ2n) is 3.10. The third-order valence-electron chi connectivity index (χ3n) is 1.96. The summed E-state index contributed by atoms with van der Waals surface area (Å²) in [5.74, 6) is 0.263. The van der Waals surface area contributed by atoms with E-state index in [1.54, 1.807) is 11.3 Å². The van der Waals surface area contributed by atoms with Crippen LogP contribution < -0.4 is 11.1 Å². The molecule has 5 heteroatoms. The van der Waals surface area contributed by atoms with Crippen molar-refractivity contribution in [3.63, 3.8) is 0 Å². The number of aryl methyl sites for hydroxylation is 1. The molecular weight excluding hydrogens is 198 g/mol. The third kappa shape index (κ3) is 3.35. The van der Waals surface area contributed by atoms with Crippen LogP contribution in [0.3, 0.4) is 0 Å².